The molecule has 0 spiro atoms. The monoisotopic (exact) mass is 394 g/mol. The summed E-state index contributed by atoms with van der Waals surface area (Å²) < 4.78 is 39.0. The summed E-state index contributed by atoms with van der Waals surface area (Å²) >= 11 is 5.92. The van der Waals surface area contributed by atoms with Crippen LogP contribution in [-0.2, 0) is 6.18 Å². The SMILES string of the molecule is Cc1cc(C(F)(F)F)cc(N2CCC(O)(C#Cc3cccc(Cl)c3)CC2)n1. The first-order valence-electron chi connectivity index (χ1n) is 8.47. The highest BCUT2D eigenvalue weighted by molar-refractivity contribution is 6.30. The number of hydrogen-bond donors (Lipinski definition) is 1. The van der Waals surface area contributed by atoms with Gasteiger partial charge in [0.15, 0.2) is 0 Å². The highest BCUT2D eigenvalue weighted by atomic mass is 35.5. The molecule has 1 saturated heterocycles. The van der Waals surface area contributed by atoms with Gasteiger partial charge >= 0.3 is 6.18 Å². The van der Waals surface area contributed by atoms with Crippen molar-refractivity contribution in [1.29, 1.82) is 0 Å². The summed E-state index contributed by atoms with van der Waals surface area (Å²) in [7, 11) is 0. The van der Waals surface area contributed by atoms with Crippen molar-refractivity contribution in [3.63, 3.8) is 0 Å². The minimum Gasteiger partial charge on any atom is -0.377 e. The van der Waals surface area contributed by atoms with Crippen LogP contribution in [0.1, 0.15) is 29.7 Å². The van der Waals surface area contributed by atoms with Gasteiger partial charge in [-0.25, -0.2) is 4.98 Å². The fourth-order valence-corrected chi connectivity index (χ4v) is 3.15. The largest absolute Gasteiger partial charge is 0.416 e. The molecule has 0 unspecified atom stereocenters. The fraction of sp³-hybridized carbons (Fsp3) is 0.350. The zero-order chi connectivity index (χ0) is 19.7. The van der Waals surface area contributed by atoms with Crippen molar-refractivity contribution in [2.24, 2.45) is 0 Å². The fourth-order valence-electron chi connectivity index (χ4n) is 2.96. The summed E-state index contributed by atoms with van der Waals surface area (Å²) in [5.41, 5.74) is -0.892. The zero-order valence-electron chi connectivity index (χ0n) is 14.6. The number of piperidine rings is 1. The van der Waals surface area contributed by atoms with E-state index in [4.69, 9.17) is 11.6 Å². The Labute approximate surface area is 160 Å². The van der Waals surface area contributed by atoms with Crippen molar-refractivity contribution in [2.45, 2.75) is 31.5 Å². The highest BCUT2D eigenvalue weighted by Gasteiger charge is 2.34. The van der Waals surface area contributed by atoms with E-state index in [0.717, 1.165) is 12.1 Å². The molecule has 0 bridgehead atoms. The first kappa shape index (κ1) is 19.5. The van der Waals surface area contributed by atoms with Gasteiger partial charge in [-0.1, -0.05) is 29.5 Å². The zero-order valence-corrected chi connectivity index (χ0v) is 15.4. The Bertz CT molecular complexity index is 894. The van der Waals surface area contributed by atoms with Gasteiger partial charge in [-0.3, -0.25) is 0 Å². The quantitative estimate of drug-likeness (QED) is 0.726. The molecule has 0 atom stereocenters. The average molecular weight is 395 g/mol. The third-order valence-electron chi connectivity index (χ3n) is 4.45. The normalized spacial score (nSPS) is 16.6. The van der Waals surface area contributed by atoms with Gasteiger partial charge in [0, 0.05) is 42.2 Å². The Hall–Kier alpha value is -2.23. The molecule has 0 amide bonds. The number of alkyl halides is 3. The lowest BCUT2D eigenvalue weighted by molar-refractivity contribution is -0.137. The van der Waals surface area contributed by atoms with Gasteiger partial charge in [0.2, 0.25) is 0 Å². The van der Waals surface area contributed by atoms with Crippen LogP contribution in [0.4, 0.5) is 19.0 Å². The van der Waals surface area contributed by atoms with Crippen molar-refractivity contribution >= 4 is 17.4 Å². The Kier molecular flexibility index (Phi) is 5.36. The molecular formula is C20H18ClF3N2O. The molecule has 3 rings (SSSR count). The summed E-state index contributed by atoms with van der Waals surface area (Å²) in [6.45, 7) is 2.28. The molecule has 0 saturated carbocycles. The predicted octanol–water partition coefficient (Wildman–Crippen LogP) is 4.45. The number of hydrogen-bond acceptors (Lipinski definition) is 3. The Morgan fingerprint density at radius 2 is 1.89 bits per heavy atom. The van der Waals surface area contributed by atoms with Gasteiger partial charge in [0.05, 0.1) is 5.56 Å². The number of aromatic nitrogens is 1. The minimum absolute atomic E-state index is 0.271. The van der Waals surface area contributed by atoms with Gasteiger partial charge in [-0.15, -0.1) is 0 Å². The van der Waals surface area contributed by atoms with Crippen LogP contribution in [0.25, 0.3) is 0 Å². The Balaban J connectivity index is 1.73. The van der Waals surface area contributed by atoms with Crippen LogP contribution in [0.5, 0.6) is 0 Å². The van der Waals surface area contributed by atoms with E-state index in [2.05, 4.69) is 16.8 Å². The second-order valence-electron chi connectivity index (χ2n) is 6.63. The number of aryl methyl sites for hydroxylation is 1. The molecule has 0 aliphatic carbocycles. The van der Waals surface area contributed by atoms with Crippen LogP contribution in [0.2, 0.25) is 5.02 Å². The van der Waals surface area contributed by atoms with E-state index in [1.54, 1.807) is 29.2 Å². The van der Waals surface area contributed by atoms with Gasteiger partial charge in [0.25, 0.3) is 0 Å². The lowest BCUT2D eigenvalue weighted by atomic mass is 9.91. The third kappa shape index (κ3) is 4.94. The number of halogens is 4. The summed E-state index contributed by atoms with van der Waals surface area (Å²) in [5.74, 6) is 6.07. The van der Waals surface area contributed by atoms with E-state index in [1.807, 2.05) is 0 Å². The maximum Gasteiger partial charge on any atom is 0.416 e. The molecule has 2 aromatic rings. The summed E-state index contributed by atoms with van der Waals surface area (Å²) in [6, 6.07) is 9.11. The van der Waals surface area contributed by atoms with Gasteiger partial charge < -0.3 is 10.0 Å². The number of pyridine rings is 1. The van der Waals surface area contributed by atoms with Gasteiger partial charge in [-0.05, 0) is 37.3 Å². The minimum atomic E-state index is -4.42. The Morgan fingerprint density at radius 1 is 1.19 bits per heavy atom. The molecule has 7 heteroatoms. The molecule has 142 valence electrons. The van der Waals surface area contributed by atoms with Crippen LogP contribution in [0.3, 0.4) is 0 Å². The third-order valence-corrected chi connectivity index (χ3v) is 4.68. The molecule has 1 aliphatic heterocycles. The molecule has 1 aliphatic rings. The summed E-state index contributed by atoms with van der Waals surface area (Å²) in [4.78, 5) is 5.96. The molecule has 0 radical (unpaired) electrons. The first-order chi connectivity index (χ1) is 12.6. The van der Waals surface area contributed by atoms with Crippen LogP contribution in [-0.4, -0.2) is 28.8 Å². The summed E-state index contributed by atoms with van der Waals surface area (Å²) in [5, 5.41) is 11.2. The maximum atomic E-state index is 13.0. The predicted molar refractivity (Wildman–Crippen MR) is 98.7 cm³/mol. The molecule has 27 heavy (non-hydrogen) atoms. The van der Waals surface area contributed by atoms with E-state index < -0.39 is 17.3 Å². The van der Waals surface area contributed by atoms with E-state index in [1.165, 1.54) is 6.92 Å². The molecule has 1 fully saturated rings. The number of anilines is 1. The van der Waals surface area contributed by atoms with E-state index >= 15 is 0 Å². The second-order valence-corrected chi connectivity index (χ2v) is 7.07. The maximum absolute atomic E-state index is 13.0. The van der Waals surface area contributed by atoms with E-state index in [9.17, 15) is 18.3 Å². The van der Waals surface area contributed by atoms with Crippen LogP contribution in [0, 0.1) is 18.8 Å². The lowest BCUT2D eigenvalue weighted by Crippen LogP contribution is -2.44. The molecule has 1 aromatic carbocycles. The van der Waals surface area contributed by atoms with E-state index in [-0.39, 0.29) is 5.82 Å². The van der Waals surface area contributed by atoms with Crippen molar-refractivity contribution in [3.8, 4) is 11.8 Å². The van der Waals surface area contributed by atoms with Crippen LogP contribution < -0.4 is 4.90 Å². The number of rotatable bonds is 1. The van der Waals surface area contributed by atoms with Gasteiger partial charge in [-0.2, -0.15) is 13.2 Å². The first-order valence-corrected chi connectivity index (χ1v) is 8.84. The van der Waals surface area contributed by atoms with Crippen molar-refractivity contribution in [3.05, 3.63) is 58.2 Å². The average Bonchev–Trinajstić information content (AvgIpc) is 2.60. The van der Waals surface area contributed by atoms with Crippen molar-refractivity contribution in [2.75, 3.05) is 18.0 Å². The number of nitrogens with zero attached hydrogens (tertiary/aromatic N) is 2. The van der Waals surface area contributed by atoms with Gasteiger partial charge in [0.1, 0.15) is 11.4 Å². The standard InChI is InChI=1S/C20H18ClF3N2O/c1-14-11-16(20(22,23)24)13-18(25-14)26-9-7-19(27,8-10-26)6-5-15-3-2-4-17(21)12-15/h2-4,11-13,27H,7-10H2,1H3. The van der Waals surface area contributed by atoms with Crippen molar-refractivity contribution in [1.82, 2.24) is 4.98 Å². The van der Waals surface area contributed by atoms with E-state index in [0.29, 0.717) is 42.2 Å². The highest BCUT2D eigenvalue weighted by Crippen LogP contribution is 2.33. The topological polar surface area (TPSA) is 36.4 Å². The Morgan fingerprint density at radius 3 is 2.52 bits per heavy atom. The number of benzene rings is 1. The molecule has 3 nitrogen and oxygen atoms in total. The summed E-state index contributed by atoms with van der Waals surface area (Å²) in [6.07, 6.45) is -3.78. The van der Waals surface area contributed by atoms with Crippen LogP contribution >= 0.6 is 11.6 Å². The smallest absolute Gasteiger partial charge is 0.377 e. The van der Waals surface area contributed by atoms with Crippen molar-refractivity contribution < 1.29 is 18.3 Å². The molecular weight excluding hydrogens is 377 g/mol. The molecule has 1 aromatic heterocycles. The second kappa shape index (κ2) is 7.41. The molecule has 2 heterocycles. The number of aliphatic hydroxyl groups is 1. The van der Waals surface area contributed by atoms with Crippen LogP contribution in [0.15, 0.2) is 36.4 Å². The molecule has 1 N–H and O–H groups in total. The lowest BCUT2D eigenvalue weighted by Gasteiger charge is -2.36.